The Hall–Kier alpha value is -0.820. The number of benzene rings is 1. The van der Waals surface area contributed by atoms with Gasteiger partial charge in [0, 0.05) is 6.04 Å². The van der Waals surface area contributed by atoms with Crippen molar-refractivity contribution >= 4 is 39.2 Å². The topological polar surface area (TPSA) is 63.7 Å². The normalized spacial score (nSPS) is 27.7. The average molecular weight is 392 g/mol. The third kappa shape index (κ3) is 2.94. The van der Waals surface area contributed by atoms with Crippen LogP contribution in [0.5, 0.6) is 0 Å². The number of rotatable bonds is 3. The Morgan fingerprint density at radius 1 is 1.21 bits per heavy atom. The van der Waals surface area contributed by atoms with Gasteiger partial charge in [0.15, 0.2) is 0 Å². The second kappa shape index (κ2) is 6.83. The Morgan fingerprint density at radius 3 is 2.46 bits per heavy atom. The van der Waals surface area contributed by atoms with E-state index in [1.54, 1.807) is 6.07 Å². The molecule has 1 aliphatic carbocycles. The van der Waals surface area contributed by atoms with E-state index in [9.17, 15) is 13.2 Å². The largest absolute Gasteiger partial charge is 0.468 e. The Morgan fingerprint density at radius 2 is 1.83 bits per heavy atom. The van der Waals surface area contributed by atoms with E-state index in [0.717, 1.165) is 25.7 Å². The Kier molecular flexibility index (Phi) is 5.12. The molecule has 5 nitrogen and oxygen atoms in total. The number of halogens is 2. The Bertz CT molecular complexity index is 732. The number of ether oxygens (including phenoxy) is 1. The van der Waals surface area contributed by atoms with E-state index >= 15 is 0 Å². The van der Waals surface area contributed by atoms with Crippen LogP contribution in [0.2, 0.25) is 10.0 Å². The number of hydrogen-bond acceptors (Lipinski definition) is 4. The number of methoxy groups -OCH3 is 1. The van der Waals surface area contributed by atoms with Gasteiger partial charge in [0.25, 0.3) is 0 Å². The second-order valence-corrected chi connectivity index (χ2v) is 8.87. The number of nitrogens with zero attached hydrogens (tertiary/aromatic N) is 1. The summed E-state index contributed by atoms with van der Waals surface area (Å²) < 4.78 is 32.8. The number of carbonyl (C=O) groups excluding carboxylic acids is 1. The van der Waals surface area contributed by atoms with Crippen LogP contribution < -0.4 is 0 Å². The van der Waals surface area contributed by atoms with Gasteiger partial charge in [-0.15, -0.1) is 0 Å². The first kappa shape index (κ1) is 18.0. The van der Waals surface area contributed by atoms with E-state index in [4.69, 9.17) is 27.9 Å². The monoisotopic (exact) mass is 391 g/mol. The van der Waals surface area contributed by atoms with E-state index in [1.807, 2.05) is 0 Å². The van der Waals surface area contributed by atoms with Crippen molar-refractivity contribution in [3.05, 3.63) is 28.2 Å². The molecule has 24 heavy (non-hydrogen) atoms. The zero-order chi connectivity index (χ0) is 17.5. The first-order valence-corrected chi connectivity index (χ1v) is 10.1. The zero-order valence-corrected chi connectivity index (χ0v) is 15.6. The van der Waals surface area contributed by atoms with Gasteiger partial charge in [0.1, 0.15) is 10.9 Å². The maximum Gasteiger partial charge on any atom is 0.324 e. The third-order valence-corrected chi connectivity index (χ3v) is 7.85. The molecule has 1 aromatic carbocycles. The van der Waals surface area contributed by atoms with Crippen molar-refractivity contribution in [1.82, 2.24) is 4.31 Å². The minimum Gasteiger partial charge on any atom is -0.468 e. The predicted octanol–water partition coefficient (Wildman–Crippen LogP) is 3.49. The summed E-state index contributed by atoms with van der Waals surface area (Å²) in [6.45, 7) is 0. The van der Waals surface area contributed by atoms with Crippen LogP contribution in [0.1, 0.15) is 32.1 Å². The van der Waals surface area contributed by atoms with E-state index in [-0.39, 0.29) is 26.9 Å². The predicted molar refractivity (Wildman–Crippen MR) is 91.7 cm³/mol. The molecule has 0 bridgehead atoms. The van der Waals surface area contributed by atoms with Gasteiger partial charge in [-0.05, 0) is 37.3 Å². The highest BCUT2D eigenvalue weighted by Crippen LogP contribution is 2.44. The maximum atomic E-state index is 13.3. The molecule has 0 spiro atoms. The van der Waals surface area contributed by atoms with Crippen LogP contribution in [0, 0.1) is 5.92 Å². The van der Waals surface area contributed by atoms with Gasteiger partial charge in [-0.25, -0.2) is 8.42 Å². The summed E-state index contributed by atoms with van der Waals surface area (Å²) in [6.07, 6.45) is 4.13. The summed E-state index contributed by atoms with van der Waals surface area (Å²) in [6, 6.07) is 3.54. The quantitative estimate of drug-likeness (QED) is 0.739. The lowest BCUT2D eigenvalue weighted by atomic mass is 9.85. The van der Waals surface area contributed by atoms with Crippen LogP contribution >= 0.6 is 23.2 Å². The fourth-order valence-corrected chi connectivity index (χ4v) is 6.90. The van der Waals surface area contributed by atoms with Crippen LogP contribution in [-0.4, -0.2) is 37.9 Å². The van der Waals surface area contributed by atoms with Crippen molar-refractivity contribution < 1.29 is 17.9 Å². The van der Waals surface area contributed by atoms with Gasteiger partial charge < -0.3 is 4.74 Å². The number of sulfonamides is 1. The minimum absolute atomic E-state index is 0.0605. The molecule has 1 aromatic rings. The van der Waals surface area contributed by atoms with E-state index in [2.05, 4.69) is 0 Å². The molecule has 1 saturated heterocycles. The second-order valence-electron chi connectivity index (χ2n) is 6.27. The lowest BCUT2D eigenvalue weighted by Gasteiger charge is -2.32. The number of carbonyl (C=O) groups is 1. The van der Waals surface area contributed by atoms with Crippen LogP contribution in [-0.2, 0) is 19.6 Å². The molecule has 0 N–H and O–H groups in total. The van der Waals surface area contributed by atoms with Gasteiger partial charge in [0.05, 0.1) is 17.2 Å². The van der Waals surface area contributed by atoms with Crippen molar-refractivity contribution in [3.8, 4) is 0 Å². The summed E-state index contributed by atoms with van der Waals surface area (Å²) in [7, 11) is -2.73. The fourth-order valence-electron chi connectivity index (χ4n) is 3.94. The average Bonchev–Trinajstić information content (AvgIpc) is 2.94. The Balaban J connectivity index is 2.10. The van der Waals surface area contributed by atoms with E-state index < -0.39 is 22.0 Å². The summed E-state index contributed by atoms with van der Waals surface area (Å²) >= 11 is 12.2. The van der Waals surface area contributed by atoms with Gasteiger partial charge >= 0.3 is 5.97 Å². The van der Waals surface area contributed by atoms with Gasteiger partial charge in [0.2, 0.25) is 10.0 Å². The van der Waals surface area contributed by atoms with E-state index in [1.165, 1.54) is 23.5 Å². The molecule has 8 heteroatoms. The lowest BCUT2D eigenvalue weighted by molar-refractivity contribution is -0.144. The molecule has 1 saturated carbocycles. The minimum atomic E-state index is -4.01. The Labute approximate surface area is 151 Å². The first-order valence-electron chi connectivity index (χ1n) is 7.93. The molecule has 1 aliphatic heterocycles. The van der Waals surface area contributed by atoms with Crippen LogP contribution in [0.4, 0.5) is 0 Å². The molecule has 3 rings (SSSR count). The lowest BCUT2D eigenvalue weighted by Crippen LogP contribution is -2.46. The molecule has 3 unspecified atom stereocenters. The third-order valence-electron chi connectivity index (χ3n) is 4.96. The van der Waals surface area contributed by atoms with Crippen molar-refractivity contribution in [2.75, 3.05) is 7.11 Å². The fraction of sp³-hybridized carbons (Fsp3) is 0.562. The summed E-state index contributed by atoms with van der Waals surface area (Å²) in [5.74, 6) is -0.366. The maximum absolute atomic E-state index is 13.3. The number of esters is 1. The highest BCUT2D eigenvalue weighted by Gasteiger charge is 2.52. The molecule has 3 atom stereocenters. The molecule has 1 heterocycles. The molecule has 0 amide bonds. The number of fused-ring (bicyclic) bond motifs is 1. The number of hydrogen-bond donors (Lipinski definition) is 0. The van der Waals surface area contributed by atoms with Crippen molar-refractivity contribution in [1.29, 1.82) is 0 Å². The smallest absolute Gasteiger partial charge is 0.324 e. The van der Waals surface area contributed by atoms with Gasteiger partial charge in [-0.2, -0.15) is 4.31 Å². The molecule has 0 radical (unpaired) electrons. The molecular weight excluding hydrogens is 373 g/mol. The van der Waals surface area contributed by atoms with Gasteiger partial charge in [-0.3, -0.25) is 4.79 Å². The van der Waals surface area contributed by atoms with Crippen molar-refractivity contribution in [2.24, 2.45) is 5.92 Å². The molecule has 2 fully saturated rings. The highest BCUT2D eigenvalue weighted by atomic mass is 35.5. The van der Waals surface area contributed by atoms with E-state index in [0.29, 0.717) is 6.42 Å². The van der Waals surface area contributed by atoms with Gasteiger partial charge in [-0.1, -0.05) is 42.1 Å². The summed E-state index contributed by atoms with van der Waals surface area (Å²) in [5.41, 5.74) is 0. The summed E-state index contributed by atoms with van der Waals surface area (Å²) in [4.78, 5) is 12.1. The van der Waals surface area contributed by atoms with Crippen LogP contribution in [0.3, 0.4) is 0 Å². The summed E-state index contributed by atoms with van der Waals surface area (Å²) in [5, 5.41) is 0.121. The molecule has 132 valence electrons. The first-order chi connectivity index (χ1) is 11.4. The van der Waals surface area contributed by atoms with Crippen molar-refractivity contribution in [2.45, 2.75) is 49.1 Å². The van der Waals surface area contributed by atoms with Crippen LogP contribution in [0.15, 0.2) is 23.1 Å². The van der Waals surface area contributed by atoms with Crippen LogP contribution in [0.25, 0.3) is 0 Å². The van der Waals surface area contributed by atoms with Crippen molar-refractivity contribution in [3.63, 3.8) is 0 Å². The molecule has 2 aliphatic rings. The standard InChI is InChI=1S/C16H19Cl2NO4S/c1-23-16(20)14-9-10-5-2-3-8-13(10)19(14)24(21,22)15-11(17)6-4-7-12(15)18/h4,6-7,10,13-14H,2-3,5,8-9H2,1H3. The highest BCUT2D eigenvalue weighted by molar-refractivity contribution is 7.89. The SMILES string of the molecule is COC(=O)C1CC2CCCCC2N1S(=O)(=O)c1c(Cl)cccc1Cl. The molecule has 0 aromatic heterocycles. The molecular formula is C16H19Cl2NO4S. The zero-order valence-electron chi connectivity index (χ0n) is 13.2.